The van der Waals surface area contributed by atoms with Crippen molar-refractivity contribution in [1.82, 2.24) is 4.98 Å². The summed E-state index contributed by atoms with van der Waals surface area (Å²) in [4.78, 5) is 17.0. The van der Waals surface area contributed by atoms with Gasteiger partial charge in [-0.2, -0.15) is 0 Å². The number of rotatable bonds is 4. The molecule has 0 saturated heterocycles. The summed E-state index contributed by atoms with van der Waals surface area (Å²) in [6, 6.07) is 21.2. The van der Waals surface area contributed by atoms with Crippen LogP contribution >= 0.6 is 0 Å². The van der Waals surface area contributed by atoms with E-state index in [1.54, 1.807) is 6.07 Å². The normalized spacial score (nSPS) is 11.1. The maximum Gasteiger partial charge on any atom is 0.255 e. The number of benzene rings is 3. The Labute approximate surface area is 164 Å². The van der Waals surface area contributed by atoms with E-state index in [1.165, 1.54) is 5.56 Å². The number of anilines is 1. The molecule has 1 aromatic heterocycles. The first kappa shape index (κ1) is 18.0. The molecule has 1 heterocycles. The third kappa shape index (κ3) is 3.67. The highest BCUT2D eigenvalue weighted by atomic mass is 16.3. The van der Waals surface area contributed by atoms with E-state index in [0.717, 1.165) is 16.6 Å². The Kier molecular flexibility index (Phi) is 4.70. The van der Waals surface area contributed by atoms with E-state index >= 15 is 0 Å². The Morgan fingerprint density at radius 3 is 2.36 bits per heavy atom. The zero-order valence-corrected chi connectivity index (χ0v) is 16.2. The summed E-state index contributed by atoms with van der Waals surface area (Å²) >= 11 is 0. The van der Waals surface area contributed by atoms with Crippen LogP contribution in [0, 0.1) is 6.92 Å². The monoisotopic (exact) mass is 370 g/mol. The lowest BCUT2D eigenvalue weighted by molar-refractivity contribution is 0.102. The molecule has 0 spiro atoms. The molecule has 0 fully saturated rings. The number of aryl methyl sites for hydroxylation is 1. The van der Waals surface area contributed by atoms with Crippen molar-refractivity contribution >= 4 is 22.7 Å². The molecular formula is C24H22N2O2. The van der Waals surface area contributed by atoms with Gasteiger partial charge in [-0.25, -0.2) is 4.98 Å². The van der Waals surface area contributed by atoms with Gasteiger partial charge >= 0.3 is 0 Å². The van der Waals surface area contributed by atoms with E-state index in [9.17, 15) is 4.79 Å². The van der Waals surface area contributed by atoms with Gasteiger partial charge in [0, 0.05) is 22.9 Å². The molecule has 0 bridgehead atoms. The van der Waals surface area contributed by atoms with Crippen LogP contribution in [0.1, 0.15) is 41.3 Å². The number of nitrogens with one attached hydrogen (secondary N) is 1. The van der Waals surface area contributed by atoms with Crippen LogP contribution < -0.4 is 5.32 Å². The highest BCUT2D eigenvalue weighted by Gasteiger charge is 2.11. The smallest absolute Gasteiger partial charge is 0.255 e. The van der Waals surface area contributed by atoms with Gasteiger partial charge < -0.3 is 9.73 Å². The van der Waals surface area contributed by atoms with Crippen molar-refractivity contribution in [1.29, 1.82) is 0 Å². The molecule has 28 heavy (non-hydrogen) atoms. The summed E-state index contributed by atoms with van der Waals surface area (Å²) < 4.78 is 5.94. The lowest BCUT2D eigenvalue weighted by Crippen LogP contribution is -2.11. The van der Waals surface area contributed by atoms with E-state index in [1.807, 2.05) is 55.5 Å². The second-order valence-electron chi connectivity index (χ2n) is 7.30. The Hall–Kier alpha value is -3.40. The van der Waals surface area contributed by atoms with Crippen molar-refractivity contribution in [3.63, 3.8) is 0 Å². The Morgan fingerprint density at radius 1 is 0.964 bits per heavy atom. The van der Waals surface area contributed by atoms with Gasteiger partial charge in [-0.1, -0.05) is 43.7 Å². The van der Waals surface area contributed by atoms with Gasteiger partial charge in [-0.15, -0.1) is 0 Å². The van der Waals surface area contributed by atoms with E-state index in [0.29, 0.717) is 28.6 Å². The molecule has 0 unspecified atom stereocenters. The van der Waals surface area contributed by atoms with Crippen LogP contribution in [0.15, 0.2) is 71.1 Å². The van der Waals surface area contributed by atoms with Crippen molar-refractivity contribution in [3.05, 3.63) is 83.4 Å². The maximum atomic E-state index is 12.4. The number of aromatic nitrogens is 1. The van der Waals surface area contributed by atoms with Crippen LogP contribution in [-0.2, 0) is 0 Å². The van der Waals surface area contributed by atoms with Crippen molar-refractivity contribution in [3.8, 4) is 11.5 Å². The second kappa shape index (κ2) is 7.31. The van der Waals surface area contributed by atoms with Crippen LogP contribution in [0.2, 0.25) is 0 Å². The highest BCUT2D eigenvalue weighted by molar-refractivity contribution is 6.04. The van der Waals surface area contributed by atoms with Gasteiger partial charge in [0.2, 0.25) is 5.89 Å². The van der Waals surface area contributed by atoms with Crippen molar-refractivity contribution in [2.75, 3.05) is 5.32 Å². The van der Waals surface area contributed by atoms with E-state index < -0.39 is 0 Å². The van der Waals surface area contributed by atoms with Crippen LogP contribution in [-0.4, -0.2) is 10.9 Å². The molecule has 0 radical (unpaired) electrons. The van der Waals surface area contributed by atoms with Gasteiger partial charge in [0.25, 0.3) is 5.91 Å². The number of carbonyl (C=O) groups excluding carboxylic acids is 1. The van der Waals surface area contributed by atoms with Crippen LogP contribution in [0.25, 0.3) is 22.6 Å². The summed E-state index contributed by atoms with van der Waals surface area (Å²) in [5, 5.41) is 2.91. The summed E-state index contributed by atoms with van der Waals surface area (Å²) in [6.07, 6.45) is 0. The molecule has 0 aliphatic carbocycles. The van der Waals surface area contributed by atoms with Gasteiger partial charge in [-0.3, -0.25) is 4.79 Å². The van der Waals surface area contributed by atoms with E-state index in [-0.39, 0.29) is 5.91 Å². The van der Waals surface area contributed by atoms with Gasteiger partial charge in [0.05, 0.1) is 0 Å². The second-order valence-corrected chi connectivity index (χ2v) is 7.30. The number of hydrogen-bond acceptors (Lipinski definition) is 3. The number of nitrogens with zero attached hydrogens (tertiary/aromatic N) is 1. The molecule has 140 valence electrons. The zero-order chi connectivity index (χ0) is 19.7. The van der Waals surface area contributed by atoms with Gasteiger partial charge in [0.15, 0.2) is 5.58 Å². The van der Waals surface area contributed by atoms with E-state index in [4.69, 9.17) is 4.42 Å². The minimum atomic E-state index is -0.150. The number of hydrogen-bond donors (Lipinski definition) is 1. The van der Waals surface area contributed by atoms with Crippen LogP contribution in [0.3, 0.4) is 0 Å². The summed E-state index contributed by atoms with van der Waals surface area (Å²) in [5.74, 6) is 0.910. The fraction of sp³-hybridized carbons (Fsp3) is 0.167. The predicted molar refractivity (Wildman–Crippen MR) is 113 cm³/mol. The highest BCUT2D eigenvalue weighted by Crippen LogP contribution is 2.27. The molecule has 0 aliphatic rings. The number of fused-ring (bicyclic) bond motifs is 1. The average Bonchev–Trinajstić information content (AvgIpc) is 3.12. The molecule has 1 N–H and O–H groups in total. The molecule has 1 amide bonds. The van der Waals surface area contributed by atoms with Crippen molar-refractivity contribution in [2.45, 2.75) is 26.7 Å². The topological polar surface area (TPSA) is 55.1 Å². The quantitative estimate of drug-likeness (QED) is 0.467. The first-order valence-corrected chi connectivity index (χ1v) is 9.38. The first-order chi connectivity index (χ1) is 13.5. The Morgan fingerprint density at radius 2 is 1.68 bits per heavy atom. The van der Waals surface area contributed by atoms with E-state index in [2.05, 4.69) is 36.3 Å². The number of carbonyl (C=O) groups is 1. The summed E-state index contributed by atoms with van der Waals surface area (Å²) in [7, 11) is 0. The maximum absolute atomic E-state index is 12.4. The molecule has 4 nitrogen and oxygen atoms in total. The summed E-state index contributed by atoms with van der Waals surface area (Å²) in [6.45, 7) is 6.33. The molecule has 0 saturated carbocycles. The molecule has 4 aromatic rings. The van der Waals surface area contributed by atoms with Crippen LogP contribution in [0.5, 0.6) is 0 Å². The minimum absolute atomic E-state index is 0.150. The lowest BCUT2D eigenvalue weighted by Gasteiger charge is -2.05. The third-order valence-electron chi connectivity index (χ3n) is 4.78. The molecule has 4 heteroatoms. The standard InChI is InChI=1S/C24H22N2O2/c1-15(2)17-8-10-19(11-9-17)24-26-21-13-12-20(14-22(21)28-24)25-23(27)18-6-4-16(3)5-7-18/h4-15H,1-3H3,(H,25,27). The molecule has 0 atom stereocenters. The average molecular weight is 370 g/mol. The number of oxazole rings is 1. The molecule has 3 aromatic carbocycles. The molecule has 4 rings (SSSR count). The molecule has 0 aliphatic heterocycles. The Bertz CT molecular complexity index is 1120. The third-order valence-corrected chi connectivity index (χ3v) is 4.78. The first-order valence-electron chi connectivity index (χ1n) is 9.38. The minimum Gasteiger partial charge on any atom is -0.436 e. The van der Waals surface area contributed by atoms with Gasteiger partial charge in [0.1, 0.15) is 5.52 Å². The fourth-order valence-corrected chi connectivity index (χ4v) is 3.04. The van der Waals surface area contributed by atoms with Crippen LogP contribution in [0.4, 0.5) is 5.69 Å². The largest absolute Gasteiger partial charge is 0.436 e. The van der Waals surface area contributed by atoms with Crippen molar-refractivity contribution < 1.29 is 9.21 Å². The lowest BCUT2D eigenvalue weighted by atomic mass is 10.0. The van der Waals surface area contributed by atoms with Gasteiger partial charge in [-0.05, 0) is 54.8 Å². The Balaban J connectivity index is 1.57. The predicted octanol–water partition coefficient (Wildman–Crippen LogP) is 6.18. The zero-order valence-electron chi connectivity index (χ0n) is 16.2. The number of amides is 1. The molecular weight excluding hydrogens is 348 g/mol. The summed E-state index contributed by atoms with van der Waals surface area (Å²) in [5.41, 5.74) is 6.03. The SMILES string of the molecule is Cc1ccc(C(=O)Nc2ccc3nc(-c4ccc(C(C)C)cc4)oc3c2)cc1. The van der Waals surface area contributed by atoms with Crippen molar-refractivity contribution in [2.24, 2.45) is 0 Å². The fourth-order valence-electron chi connectivity index (χ4n) is 3.04.